The second-order valence-electron chi connectivity index (χ2n) is 8.56. The molecule has 8 heteroatoms. The largest absolute Gasteiger partial charge is 0.872 e. The summed E-state index contributed by atoms with van der Waals surface area (Å²) in [6, 6.07) is 15.8. The minimum absolute atomic E-state index is 0.0704. The van der Waals surface area contributed by atoms with Gasteiger partial charge in [-0.2, -0.15) is 5.10 Å². The first-order valence-corrected chi connectivity index (χ1v) is 11.1. The number of nitrogens with zero attached hydrogens (tertiary/aromatic N) is 3. The standard InChI is InChI=1S/C26H28N4O4/c1-17-20(16-27-30(17)18-10-6-5-7-11-18)24(31)22-23(19-12-8-9-13-21(19)34-4)29(15-14-28(2)3)26(33)25(22)32/h5-13,16,23,31H,14-15H2,1-4H3. The number of carbonyl (C=O) groups excluding carboxylic acids is 2. The minimum atomic E-state index is -0.831. The van der Waals surface area contributed by atoms with Gasteiger partial charge in [0.2, 0.25) is 5.78 Å². The normalized spacial score (nSPS) is 17.6. The van der Waals surface area contributed by atoms with E-state index < -0.39 is 23.5 Å². The Bertz CT molecular complexity index is 1250. The van der Waals surface area contributed by atoms with Crippen molar-refractivity contribution in [3.63, 3.8) is 0 Å². The summed E-state index contributed by atoms with van der Waals surface area (Å²) >= 11 is 0. The average molecular weight is 461 g/mol. The van der Waals surface area contributed by atoms with Crippen LogP contribution in [0.4, 0.5) is 0 Å². The molecule has 34 heavy (non-hydrogen) atoms. The van der Waals surface area contributed by atoms with Gasteiger partial charge in [-0.25, -0.2) is 4.68 Å². The third-order valence-corrected chi connectivity index (χ3v) is 6.07. The predicted molar refractivity (Wildman–Crippen MR) is 125 cm³/mol. The Labute approximate surface area is 198 Å². The second-order valence-corrected chi connectivity index (χ2v) is 8.56. The zero-order valence-electron chi connectivity index (χ0n) is 19.7. The highest BCUT2D eigenvalue weighted by Gasteiger charge is 2.45. The molecule has 1 fully saturated rings. The maximum Gasteiger partial charge on any atom is 0.295 e. The van der Waals surface area contributed by atoms with Crippen molar-refractivity contribution in [3.05, 3.63) is 83.2 Å². The SMILES string of the molecule is COc1ccccc1C1C(=C([O-])c2cnn(-c3ccccc3)c2C)C(=O)C(=O)N1CC[NH+](C)C. The maximum atomic E-state index is 13.8. The number of carbonyl (C=O) groups is 2. The molecule has 1 amide bonds. The molecule has 1 aromatic heterocycles. The molecule has 2 heterocycles. The van der Waals surface area contributed by atoms with Crippen molar-refractivity contribution in [2.75, 3.05) is 34.3 Å². The molecule has 176 valence electrons. The summed E-state index contributed by atoms with van der Waals surface area (Å²) in [4.78, 5) is 28.9. The van der Waals surface area contributed by atoms with Crippen LogP contribution in [0.3, 0.4) is 0 Å². The lowest BCUT2D eigenvalue weighted by Crippen LogP contribution is -3.06. The number of amides is 1. The number of ketones is 1. The first kappa shape index (κ1) is 23.3. The van der Waals surface area contributed by atoms with Crippen molar-refractivity contribution in [1.29, 1.82) is 0 Å². The zero-order chi connectivity index (χ0) is 24.4. The molecule has 1 unspecified atom stereocenters. The molecule has 1 N–H and O–H groups in total. The van der Waals surface area contributed by atoms with Gasteiger partial charge >= 0.3 is 0 Å². The quantitative estimate of drug-likeness (QED) is 0.316. The third-order valence-electron chi connectivity index (χ3n) is 6.07. The van der Waals surface area contributed by atoms with E-state index >= 15 is 0 Å². The number of ether oxygens (including phenoxy) is 1. The molecular weight excluding hydrogens is 432 g/mol. The van der Waals surface area contributed by atoms with Crippen LogP contribution in [0.15, 0.2) is 66.4 Å². The molecule has 1 aliphatic heterocycles. The zero-order valence-corrected chi connectivity index (χ0v) is 19.7. The van der Waals surface area contributed by atoms with Crippen LogP contribution in [-0.4, -0.2) is 60.7 Å². The summed E-state index contributed by atoms with van der Waals surface area (Å²) in [5, 5.41) is 18.2. The van der Waals surface area contributed by atoms with Crippen LogP contribution in [0.1, 0.15) is 22.9 Å². The molecule has 0 spiro atoms. The van der Waals surface area contributed by atoms with Crippen LogP contribution in [0.2, 0.25) is 0 Å². The van der Waals surface area contributed by atoms with Crippen molar-refractivity contribution in [3.8, 4) is 11.4 Å². The van der Waals surface area contributed by atoms with Crippen molar-refractivity contribution in [1.82, 2.24) is 14.7 Å². The van der Waals surface area contributed by atoms with E-state index in [-0.39, 0.29) is 5.57 Å². The number of aromatic nitrogens is 2. The molecule has 2 aromatic carbocycles. The number of likely N-dealkylation sites (N-methyl/N-ethyl adjacent to an activating group) is 1. The Morgan fingerprint density at radius 3 is 2.44 bits per heavy atom. The highest BCUT2D eigenvalue weighted by atomic mass is 16.5. The maximum absolute atomic E-state index is 13.8. The van der Waals surface area contributed by atoms with E-state index in [1.54, 1.807) is 29.8 Å². The topological polar surface area (TPSA) is 91.9 Å². The summed E-state index contributed by atoms with van der Waals surface area (Å²) in [5.41, 5.74) is 2.22. The number of hydrogen-bond donors (Lipinski definition) is 1. The highest BCUT2D eigenvalue weighted by Crippen LogP contribution is 2.42. The van der Waals surface area contributed by atoms with Gasteiger partial charge in [0.25, 0.3) is 5.91 Å². The van der Waals surface area contributed by atoms with E-state index in [1.807, 2.05) is 50.5 Å². The average Bonchev–Trinajstić information content (AvgIpc) is 3.35. The number of nitrogens with one attached hydrogen (secondary N) is 1. The fourth-order valence-electron chi connectivity index (χ4n) is 4.27. The summed E-state index contributed by atoms with van der Waals surface area (Å²) in [5.74, 6) is -1.43. The van der Waals surface area contributed by atoms with Gasteiger partial charge in [0.15, 0.2) is 0 Å². The smallest absolute Gasteiger partial charge is 0.295 e. The molecule has 1 saturated heterocycles. The summed E-state index contributed by atoms with van der Waals surface area (Å²) in [6.45, 7) is 2.73. The van der Waals surface area contributed by atoms with Gasteiger partial charge in [-0.15, -0.1) is 0 Å². The number of methoxy groups -OCH3 is 1. The highest BCUT2D eigenvalue weighted by molar-refractivity contribution is 6.46. The number of quaternary nitrogens is 1. The van der Waals surface area contributed by atoms with Crippen LogP contribution < -0.4 is 14.7 Å². The van der Waals surface area contributed by atoms with Gasteiger partial charge < -0.3 is 19.6 Å². The fourth-order valence-corrected chi connectivity index (χ4v) is 4.27. The molecule has 0 aliphatic carbocycles. The Morgan fingerprint density at radius 1 is 1.09 bits per heavy atom. The van der Waals surface area contributed by atoms with Gasteiger partial charge in [0.1, 0.15) is 5.75 Å². The number of benzene rings is 2. The molecular formula is C26H28N4O4. The molecule has 0 bridgehead atoms. The van der Waals surface area contributed by atoms with E-state index in [0.717, 1.165) is 10.6 Å². The Balaban J connectivity index is 1.88. The van der Waals surface area contributed by atoms with Crippen LogP contribution in [-0.2, 0) is 9.59 Å². The number of rotatable bonds is 7. The van der Waals surface area contributed by atoms with Crippen molar-refractivity contribution in [2.45, 2.75) is 13.0 Å². The summed E-state index contributed by atoms with van der Waals surface area (Å²) < 4.78 is 7.18. The van der Waals surface area contributed by atoms with Gasteiger partial charge in [-0.3, -0.25) is 9.59 Å². The Kier molecular flexibility index (Phi) is 6.51. The molecule has 0 radical (unpaired) electrons. The number of likely N-dealkylation sites (tertiary alicyclic amines) is 1. The van der Waals surface area contributed by atoms with E-state index in [0.29, 0.717) is 35.7 Å². The Hall–Kier alpha value is -3.91. The van der Waals surface area contributed by atoms with Gasteiger partial charge in [-0.05, 0) is 25.1 Å². The molecule has 3 aromatic rings. The lowest BCUT2D eigenvalue weighted by molar-refractivity contribution is -0.857. The molecule has 8 nitrogen and oxygen atoms in total. The van der Waals surface area contributed by atoms with Crippen molar-refractivity contribution >= 4 is 17.4 Å². The number of para-hydroxylation sites is 2. The number of hydrogen-bond acceptors (Lipinski definition) is 5. The monoisotopic (exact) mass is 460 g/mol. The third kappa shape index (κ3) is 4.08. The van der Waals surface area contributed by atoms with E-state index in [4.69, 9.17) is 4.74 Å². The van der Waals surface area contributed by atoms with Crippen LogP contribution in [0.25, 0.3) is 11.4 Å². The minimum Gasteiger partial charge on any atom is -0.872 e. The van der Waals surface area contributed by atoms with Crippen LogP contribution in [0.5, 0.6) is 5.75 Å². The van der Waals surface area contributed by atoms with Gasteiger partial charge in [0, 0.05) is 22.4 Å². The number of Topliss-reactive ketones (excluding diaryl/α,β-unsaturated/α-hetero) is 1. The van der Waals surface area contributed by atoms with E-state index in [1.165, 1.54) is 18.2 Å². The first-order chi connectivity index (χ1) is 16.3. The molecule has 1 atom stereocenters. The molecule has 1 aliphatic rings. The van der Waals surface area contributed by atoms with Gasteiger partial charge in [-0.1, -0.05) is 42.2 Å². The van der Waals surface area contributed by atoms with Crippen LogP contribution >= 0.6 is 0 Å². The first-order valence-electron chi connectivity index (χ1n) is 11.1. The van der Waals surface area contributed by atoms with Crippen molar-refractivity contribution < 1.29 is 24.3 Å². The molecule has 4 rings (SSSR count). The summed E-state index contributed by atoms with van der Waals surface area (Å²) in [7, 11) is 5.47. The lowest BCUT2D eigenvalue weighted by atomic mass is 9.94. The van der Waals surface area contributed by atoms with Crippen molar-refractivity contribution in [2.24, 2.45) is 0 Å². The predicted octanol–water partition coefficient (Wildman–Crippen LogP) is 0.558. The second kappa shape index (κ2) is 9.52. The van der Waals surface area contributed by atoms with Crippen LogP contribution in [0, 0.1) is 6.92 Å². The Morgan fingerprint density at radius 2 is 1.76 bits per heavy atom. The lowest BCUT2D eigenvalue weighted by Gasteiger charge is -2.28. The van der Waals surface area contributed by atoms with Gasteiger partial charge in [0.05, 0.1) is 52.2 Å². The van der Waals surface area contributed by atoms with E-state index in [2.05, 4.69) is 5.10 Å². The summed E-state index contributed by atoms with van der Waals surface area (Å²) in [6.07, 6.45) is 1.46. The fraction of sp³-hybridized carbons (Fsp3) is 0.269. The molecule has 0 saturated carbocycles. The van der Waals surface area contributed by atoms with E-state index in [9.17, 15) is 14.7 Å².